The zero-order valence-corrected chi connectivity index (χ0v) is 18.6. The molecule has 1 amide bonds. The van der Waals surface area contributed by atoms with Crippen LogP contribution in [0, 0.1) is 12.8 Å². The molecule has 9 heteroatoms. The van der Waals surface area contributed by atoms with Crippen LogP contribution in [0.3, 0.4) is 0 Å². The molecular weight excluding hydrogens is 396 g/mol. The van der Waals surface area contributed by atoms with Gasteiger partial charge < -0.3 is 9.88 Å². The van der Waals surface area contributed by atoms with E-state index in [-0.39, 0.29) is 18.2 Å². The summed E-state index contributed by atoms with van der Waals surface area (Å²) in [6.45, 7) is 9.06. The van der Waals surface area contributed by atoms with E-state index < -0.39 is 11.2 Å². The van der Waals surface area contributed by atoms with Crippen molar-refractivity contribution in [2.75, 3.05) is 5.32 Å². The number of nitrogens with zero attached hydrogens (tertiary/aromatic N) is 4. The predicted octanol–water partition coefficient (Wildman–Crippen LogP) is 2.62. The van der Waals surface area contributed by atoms with Crippen LogP contribution in [0.2, 0.25) is 0 Å². The average molecular weight is 427 g/mol. The fourth-order valence-corrected chi connectivity index (χ4v) is 3.54. The molecule has 0 aliphatic rings. The van der Waals surface area contributed by atoms with Gasteiger partial charge in [-0.2, -0.15) is 0 Å². The van der Waals surface area contributed by atoms with Gasteiger partial charge in [-0.15, -0.1) is 0 Å². The molecule has 0 atom stereocenters. The van der Waals surface area contributed by atoms with E-state index in [1.54, 1.807) is 6.07 Å². The van der Waals surface area contributed by atoms with Crippen molar-refractivity contribution in [2.24, 2.45) is 5.92 Å². The Balaban J connectivity index is 1.93. The maximum absolute atomic E-state index is 12.6. The summed E-state index contributed by atoms with van der Waals surface area (Å²) in [5, 5.41) is 2.80. The third-order valence-corrected chi connectivity index (χ3v) is 4.98. The van der Waals surface area contributed by atoms with Gasteiger partial charge >= 0.3 is 5.69 Å². The normalized spacial score (nSPS) is 11.4. The second kappa shape index (κ2) is 9.72. The number of pyridine rings is 1. The highest BCUT2D eigenvalue weighted by Crippen LogP contribution is 2.16. The molecule has 2 N–H and O–H groups in total. The number of aromatic nitrogens is 5. The molecule has 0 fully saturated rings. The first-order valence-electron chi connectivity index (χ1n) is 10.8. The highest BCUT2D eigenvalue weighted by Gasteiger charge is 2.19. The van der Waals surface area contributed by atoms with Crippen molar-refractivity contribution >= 4 is 22.9 Å². The van der Waals surface area contributed by atoms with E-state index in [9.17, 15) is 14.4 Å². The monoisotopic (exact) mass is 426 g/mol. The molecule has 0 aliphatic heterocycles. The Hall–Kier alpha value is -3.23. The van der Waals surface area contributed by atoms with Gasteiger partial charge in [0.25, 0.3) is 5.56 Å². The number of anilines is 1. The summed E-state index contributed by atoms with van der Waals surface area (Å²) in [5.41, 5.74) is 0.704. The highest BCUT2D eigenvalue weighted by molar-refractivity contribution is 5.89. The van der Waals surface area contributed by atoms with Crippen LogP contribution in [0.25, 0.3) is 11.2 Å². The molecule has 0 saturated carbocycles. The van der Waals surface area contributed by atoms with E-state index in [1.807, 2.05) is 44.4 Å². The maximum Gasteiger partial charge on any atom is 0.330 e. The van der Waals surface area contributed by atoms with E-state index >= 15 is 0 Å². The first-order chi connectivity index (χ1) is 14.8. The second-order valence-corrected chi connectivity index (χ2v) is 8.18. The number of aromatic amines is 1. The molecule has 31 heavy (non-hydrogen) atoms. The quantitative estimate of drug-likeness (QED) is 0.546. The summed E-state index contributed by atoms with van der Waals surface area (Å²) in [7, 11) is 0. The molecule has 3 rings (SSSR count). The summed E-state index contributed by atoms with van der Waals surface area (Å²) in [4.78, 5) is 48.8. The molecule has 0 bridgehead atoms. The molecule has 0 saturated heterocycles. The molecule has 3 aromatic rings. The first kappa shape index (κ1) is 22.5. The molecule has 0 aromatic carbocycles. The largest absolute Gasteiger partial charge is 0.330 e. The summed E-state index contributed by atoms with van der Waals surface area (Å²) in [5.74, 6) is 1.21. The van der Waals surface area contributed by atoms with Gasteiger partial charge in [-0.1, -0.05) is 33.3 Å². The standard InChI is InChI=1S/C22H30N6O3/c1-5-6-12-27-20-19(21(30)26-22(27)31)28(13-14(2)3)17(25-20)10-11-18(29)24-16-9-7-8-15(4)23-16/h7-9,14H,5-6,10-13H2,1-4H3,(H,23,24,29)(H,26,30,31). The van der Waals surface area contributed by atoms with Crippen molar-refractivity contribution in [3.05, 3.63) is 50.6 Å². The van der Waals surface area contributed by atoms with E-state index in [2.05, 4.69) is 20.3 Å². The van der Waals surface area contributed by atoms with E-state index in [0.29, 0.717) is 42.3 Å². The fourth-order valence-electron chi connectivity index (χ4n) is 3.54. The molecule has 0 radical (unpaired) electrons. The number of amides is 1. The Kier molecular flexibility index (Phi) is 7.04. The first-order valence-corrected chi connectivity index (χ1v) is 10.8. The Labute approximate surface area is 180 Å². The van der Waals surface area contributed by atoms with Gasteiger partial charge in [-0.25, -0.2) is 14.8 Å². The van der Waals surface area contributed by atoms with Gasteiger partial charge in [-0.05, 0) is 31.4 Å². The number of unbranched alkanes of at least 4 members (excludes halogenated alkanes) is 1. The van der Waals surface area contributed by atoms with Crippen LogP contribution in [0.1, 0.15) is 51.6 Å². The van der Waals surface area contributed by atoms with Crippen LogP contribution >= 0.6 is 0 Å². The number of carbonyl (C=O) groups excluding carboxylic acids is 1. The Morgan fingerprint density at radius 3 is 2.65 bits per heavy atom. The van der Waals surface area contributed by atoms with E-state index in [0.717, 1.165) is 18.5 Å². The lowest BCUT2D eigenvalue weighted by Crippen LogP contribution is -2.31. The van der Waals surface area contributed by atoms with Crippen molar-refractivity contribution in [1.82, 2.24) is 24.1 Å². The lowest BCUT2D eigenvalue weighted by molar-refractivity contribution is -0.116. The van der Waals surface area contributed by atoms with Crippen LogP contribution in [0.4, 0.5) is 5.82 Å². The number of hydrogen-bond acceptors (Lipinski definition) is 5. The molecule has 3 aromatic heterocycles. The number of fused-ring (bicyclic) bond motifs is 1. The van der Waals surface area contributed by atoms with Gasteiger partial charge in [-0.3, -0.25) is 19.1 Å². The minimum atomic E-state index is -0.449. The Morgan fingerprint density at radius 1 is 1.19 bits per heavy atom. The summed E-state index contributed by atoms with van der Waals surface area (Å²) in [6.07, 6.45) is 2.26. The van der Waals surface area contributed by atoms with Crippen molar-refractivity contribution in [2.45, 2.75) is 66.5 Å². The lowest BCUT2D eigenvalue weighted by Gasteiger charge is -2.11. The molecule has 9 nitrogen and oxygen atoms in total. The number of hydrogen-bond donors (Lipinski definition) is 2. The number of carbonyl (C=O) groups is 1. The Morgan fingerprint density at radius 2 is 1.97 bits per heavy atom. The minimum absolute atomic E-state index is 0.182. The predicted molar refractivity (Wildman–Crippen MR) is 120 cm³/mol. The molecular formula is C22H30N6O3. The van der Waals surface area contributed by atoms with Crippen molar-refractivity contribution in [1.29, 1.82) is 0 Å². The smallest absolute Gasteiger partial charge is 0.322 e. The van der Waals surface area contributed by atoms with Crippen molar-refractivity contribution < 1.29 is 4.79 Å². The molecule has 0 unspecified atom stereocenters. The van der Waals surface area contributed by atoms with Crippen LogP contribution in [-0.2, 0) is 24.3 Å². The minimum Gasteiger partial charge on any atom is -0.322 e. The number of imidazole rings is 1. The summed E-state index contributed by atoms with van der Waals surface area (Å²) < 4.78 is 3.37. The molecule has 3 heterocycles. The summed E-state index contributed by atoms with van der Waals surface area (Å²) >= 11 is 0. The number of aryl methyl sites for hydroxylation is 3. The van der Waals surface area contributed by atoms with Gasteiger partial charge in [0.15, 0.2) is 11.2 Å². The van der Waals surface area contributed by atoms with E-state index in [1.165, 1.54) is 4.57 Å². The zero-order chi connectivity index (χ0) is 22.5. The zero-order valence-electron chi connectivity index (χ0n) is 18.6. The third kappa shape index (κ3) is 5.28. The average Bonchev–Trinajstić information content (AvgIpc) is 3.04. The molecule has 0 spiro atoms. The summed E-state index contributed by atoms with van der Waals surface area (Å²) in [6, 6.07) is 5.44. The topological polar surface area (TPSA) is 115 Å². The van der Waals surface area contributed by atoms with Crippen LogP contribution in [0.15, 0.2) is 27.8 Å². The van der Waals surface area contributed by atoms with Crippen LogP contribution in [-0.4, -0.2) is 30.0 Å². The maximum atomic E-state index is 12.6. The van der Waals surface area contributed by atoms with Crippen LogP contribution < -0.4 is 16.6 Å². The third-order valence-electron chi connectivity index (χ3n) is 4.98. The molecule has 0 aliphatic carbocycles. The molecule has 166 valence electrons. The van der Waals surface area contributed by atoms with Gasteiger partial charge in [0, 0.05) is 31.6 Å². The number of nitrogens with one attached hydrogen (secondary N) is 2. The number of rotatable bonds is 9. The van der Waals surface area contributed by atoms with Gasteiger partial charge in [0.05, 0.1) is 0 Å². The Bertz CT molecular complexity index is 1190. The number of H-pyrrole nitrogens is 1. The van der Waals surface area contributed by atoms with Gasteiger partial charge in [0.1, 0.15) is 11.6 Å². The van der Waals surface area contributed by atoms with Crippen LogP contribution in [0.5, 0.6) is 0 Å². The van der Waals surface area contributed by atoms with Crippen molar-refractivity contribution in [3.8, 4) is 0 Å². The lowest BCUT2D eigenvalue weighted by atomic mass is 10.2. The van der Waals surface area contributed by atoms with E-state index in [4.69, 9.17) is 0 Å². The van der Waals surface area contributed by atoms with Gasteiger partial charge in [0.2, 0.25) is 5.91 Å². The van der Waals surface area contributed by atoms with Crippen molar-refractivity contribution in [3.63, 3.8) is 0 Å². The second-order valence-electron chi connectivity index (χ2n) is 8.18. The fraction of sp³-hybridized carbons (Fsp3) is 0.500. The SMILES string of the molecule is CCCCn1c(=O)[nH]c(=O)c2c1nc(CCC(=O)Nc1cccc(C)n1)n2CC(C)C. The highest BCUT2D eigenvalue weighted by atomic mass is 16.2.